The fraction of sp³-hybridized carbons (Fsp3) is 0.800. The Kier molecular flexibility index (Phi) is 3.61. The standard InChI is InChI=1S/C5H9F2NS/c1-3(2)8-5(9)4(6)7/h3-4H,1-2H3,(H,8,9). The average molecular weight is 153 g/mol. The minimum Gasteiger partial charge on any atom is -0.373 e. The molecule has 0 aromatic rings. The first-order valence-corrected chi connectivity index (χ1v) is 3.03. The molecule has 0 aliphatic rings. The molecule has 0 radical (unpaired) electrons. The van der Waals surface area contributed by atoms with Gasteiger partial charge in [0.05, 0.1) is 0 Å². The molecule has 0 unspecified atom stereocenters. The number of hydrogen-bond donors (Lipinski definition) is 1. The summed E-state index contributed by atoms with van der Waals surface area (Å²) in [5.74, 6) is 0. The lowest BCUT2D eigenvalue weighted by atomic mass is 10.4. The summed E-state index contributed by atoms with van der Waals surface area (Å²) >= 11 is 4.29. The van der Waals surface area contributed by atoms with Crippen LogP contribution in [0, 0.1) is 0 Å². The van der Waals surface area contributed by atoms with Gasteiger partial charge in [-0.1, -0.05) is 12.2 Å². The van der Waals surface area contributed by atoms with Crippen LogP contribution in [0.4, 0.5) is 8.78 Å². The molecule has 0 aliphatic carbocycles. The van der Waals surface area contributed by atoms with Gasteiger partial charge in [-0.15, -0.1) is 0 Å². The number of rotatable bonds is 2. The van der Waals surface area contributed by atoms with Crippen molar-refractivity contribution in [3.63, 3.8) is 0 Å². The van der Waals surface area contributed by atoms with Gasteiger partial charge in [0, 0.05) is 6.04 Å². The maximum Gasteiger partial charge on any atom is 0.288 e. The molecule has 0 bridgehead atoms. The quantitative estimate of drug-likeness (QED) is 0.604. The maximum atomic E-state index is 11.6. The second-order valence-corrected chi connectivity index (χ2v) is 2.40. The summed E-state index contributed by atoms with van der Waals surface area (Å²) in [7, 11) is 0. The Hall–Kier alpha value is -0.250. The van der Waals surface area contributed by atoms with Crippen molar-refractivity contribution in [1.82, 2.24) is 5.32 Å². The first kappa shape index (κ1) is 8.75. The Balaban J connectivity index is 3.51. The van der Waals surface area contributed by atoms with Crippen LogP contribution in [0.15, 0.2) is 0 Å². The van der Waals surface area contributed by atoms with Crippen molar-refractivity contribution in [2.24, 2.45) is 0 Å². The lowest BCUT2D eigenvalue weighted by molar-refractivity contribution is 0.223. The van der Waals surface area contributed by atoms with Gasteiger partial charge in [-0.25, -0.2) is 8.78 Å². The SMILES string of the molecule is CC(C)NC(=S)C(F)F. The van der Waals surface area contributed by atoms with Gasteiger partial charge < -0.3 is 5.32 Å². The molecule has 0 aromatic carbocycles. The van der Waals surface area contributed by atoms with Crippen molar-refractivity contribution < 1.29 is 8.78 Å². The Bertz CT molecular complexity index is 103. The highest BCUT2D eigenvalue weighted by Gasteiger charge is 2.09. The molecule has 0 spiro atoms. The van der Waals surface area contributed by atoms with E-state index in [-0.39, 0.29) is 11.0 Å². The second kappa shape index (κ2) is 3.71. The van der Waals surface area contributed by atoms with Gasteiger partial charge in [-0.3, -0.25) is 0 Å². The zero-order valence-corrected chi connectivity index (χ0v) is 6.14. The summed E-state index contributed by atoms with van der Waals surface area (Å²) in [5, 5.41) is 2.42. The van der Waals surface area contributed by atoms with E-state index in [0.29, 0.717) is 0 Å². The van der Waals surface area contributed by atoms with Gasteiger partial charge in [0.2, 0.25) is 0 Å². The lowest BCUT2D eigenvalue weighted by Gasteiger charge is -2.08. The molecular formula is C5H9F2NS. The molecule has 1 N–H and O–H groups in total. The Morgan fingerprint density at radius 3 is 2.00 bits per heavy atom. The Labute approximate surface area is 58.4 Å². The third kappa shape index (κ3) is 4.27. The van der Waals surface area contributed by atoms with Crippen molar-refractivity contribution in [2.45, 2.75) is 26.3 Å². The van der Waals surface area contributed by atoms with E-state index in [9.17, 15) is 8.78 Å². The first-order chi connectivity index (χ1) is 4.04. The van der Waals surface area contributed by atoms with Crippen molar-refractivity contribution in [1.29, 1.82) is 0 Å². The van der Waals surface area contributed by atoms with E-state index in [4.69, 9.17) is 0 Å². The fourth-order valence-corrected chi connectivity index (χ4v) is 0.583. The fourth-order valence-electron chi connectivity index (χ4n) is 0.348. The molecule has 4 heteroatoms. The number of nitrogens with one attached hydrogen (secondary N) is 1. The van der Waals surface area contributed by atoms with Gasteiger partial charge in [0.1, 0.15) is 4.99 Å². The molecule has 0 rings (SSSR count). The zero-order valence-electron chi connectivity index (χ0n) is 5.32. The molecule has 0 aliphatic heterocycles. The lowest BCUT2D eigenvalue weighted by Crippen LogP contribution is -2.33. The van der Waals surface area contributed by atoms with E-state index in [0.717, 1.165) is 0 Å². The molecule has 0 saturated heterocycles. The van der Waals surface area contributed by atoms with E-state index in [1.54, 1.807) is 13.8 Å². The molecule has 0 amide bonds. The number of halogens is 2. The predicted molar refractivity (Wildman–Crippen MR) is 36.9 cm³/mol. The predicted octanol–water partition coefficient (Wildman–Crippen LogP) is 1.58. The summed E-state index contributed by atoms with van der Waals surface area (Å²) < 4.78 is 23.2. The van der Waals surface area contributed by atoms with E-state index >= 15 is 0 Å². The van der Waals surface area contributed by atoms with Crippen LogP contribution in [0.25, 0.3) is 0 Å². The molecule has 9 heavy (non-hydrogen) atoms. The molecular weight excluding hydrogens is 144 g/mol. The number of hydrogen-bond acceptors (Lipinski definition) is 1. The summed E-state index contributed by atoms with van der Waals surface area (Å²) in [6.07, 6.45) is -2.53. The largest absolute Gasteiger partial charge is 0.373 e. The summed E-state index contributed by atoms with van der Waals surface area (Å²) in [6, 6.07) is -0.00787. The van der Waals surface area contributed by atoms with Crippen molar-refractivity contribution in [3.8, 4) is 0 Å². The third-order valence-electron chi connectivity index (χ3n) is 0.629. The summed E-state index contributed by atoms with van der Waals surface area (Å²) in [4.78, 5) is -0.370. The monoisotopic (exact) mass is 153 g/mol. The first-order valence-electron chi connectivity index (χ1n) is 2.62. The second-order valence-electron chi connectivity index (χ2n) is 1.96. The minimum atomic E-state index is -2.53. The van der Waals surface area contributed by atoms with Crippen LogP contribution in [0.3, 0.4) is 0 Å². The Morgan fingerprint density at radius 2 is 1.89 bits per heavy atom. The van der Waals surface area contributed by atoms with Crippen LogP contribution >= 0.6 is 12.2 Å². The highest BCUT2D eigenvalue weighted by Crippen LogP contribution is 1.94. The van der Waals surface area contributed by atoms with Gasteiger partial charge >= 0.3 is 0 Å². The molecule has 1 nitrogen and oxygen atoms in total. The third-order valence-corrected chi connectivity index (χ3v) is 0.925. The van der Waals surface area contributed by atoms with Crippen molar-refractivity contribution >= 4 is 17.2 Å². The van der Waals surface area contributed by atoms with Gasteiger partial charge in [-0.05, 0) is 13.8 Å². The van der Waals surface area contributed by atoms with Crippen LogP contribution in [-0.2, 0) is 0 Å². The van der Waals surface area contributed by atoms with Crippen molar-refractivity contribution in [3.05, 3.63) is 0 Å². The summed E-state index contributed by atoms with van der Waals surface area (Å²) in [6.45, 7) is 3.52. The topological polar surface area (TPSA) is 12.0 Å². The normalized spacial score (nSPS) is 10.4. The van der Waals surface area contributed by atoms with Crippen LogP contribution in [0.2, 0.25) is 0 Å². The molecule has 0 saturated carbocycles. The molecule has 0 fully saturated rings. The van der Waals surface area contributed by atoms with E-state index < -0.39 is 6.43 Å². The van der Waals surface area contributed by atoms with E-state index in [1.807, 2.05) is 0 Å². The van der Waals surface area contributed by atoms with Crippen molar-refractivity contribution in [2.75, 3.05) is 0 Å². The van der Waals surface area contributed by atoms with Crippen LogP contribution in [-0.4, -0.2) is 17.5 Å². The molecule has 54 valence electrons. The van der Waals surface area contributed by atoms with Gasteiger partial charge in [0.25, 0.3) is 6.43 Å². The summed E-state index contributed by atoms with van der Waals surface area (Å²) in [5.41, 5.74) is 0. The van der Waals surface area contributed by atoms with Gasteiger partial charge in [0.15, 0.2) is 0 Å². The zero-order chi connectivity index (χ0) is 7.44. The van der Waals surface area contributed by atoms with E-state index in [2.05, 4.69) is 17.5 Å². The Morgan fingerprint density at radius 1 is 1.44 bits per heavy atom. The van der Waals surface area contributed by atoms with E-state index in [1.165, 1.54) is 0 Å². The maximum absolute atomic E-state index is 11.6. The number of thiocarbonyl (C=S) groups is 1. The minimum absolute atomic E-state index is 0.00787. The highest BCUT2D eigenvalue weighted by atomic mass is 32.1. The molecule has 0 heterocycles. The number of alkyl halides is 2. The molecule has 0 aromatic heterocycles. The highest BCUT2D eigenvalue weighted by molar-refractivity contribution is 7.80. The van der Waals surface area contributed by atoms with Crippen LogP contribution in [0.5, 0.6) is 0 Å². The van der Waals surface area contributed by atoms with Crippen LogP contribution in [0.1, 0.15) is 13.8 Å². The van der Waals surface area contributed by atoms with Crippen LogP contribution < -0.4 is 5.32 Å². The molecule has 0 atom stereocenters. The average Bonchev–Trinajstić information content (AvgIpc) is 1.63. The smallest absolute Gasteiger partial charge is 0.288 e. The van der Waals surface area contributed by atoms with Gasteiger partial charge in [-0.2, -0.15) is 0 Å².